The van der Waals surface area contributed by atoms with E-state index in [-0.39, 0.29) is 18.5 Å². The molecular weight excluding hydrogens is 298 g/mol. The maximum absolute atomic E-state index is 12.7. The third-order valence-electron chi connectivity index (χ3n) is 4.10. The Kier molecular flexibility index (Phi) is 5.36. The second-order valence-electron chi connectivity index (χ2n) is 7.12. The van der Waals surface area contributed by atoms with Crippen LogP contribution >= 0.6 is 0 Å². The van der Waals surface area contributed by atoms with Gasteiger partial charge in [-0.15, -0.1) is 0 Å². The van der Waals surface area contributed by atoms with Crippen molar-refractivity contribution in [2.45, 2.75) is 64.1 Å². The van der Waals surface area contributed by atoms with E-state index in [1.807, 2.05) is 4.90 Å². The number of hydrogen-bond acceptors (Lipinski definition) is 4. The highest BCUT2D eigenvalue weighted by atomic mass is 16.6. The molecule has 2 atom stereocenters. The quantitative estimate of drug-likeness (QED) is 0.443. The lowest BCUT2D eigenvalue weighted by Gasteiger charge is -2.39. The normalized spacial score (nSPS) is 25.0. The first-order valence-corrected chi connectivity index (χ1v) is 8.14. The van der Waals surface area contributed by atoms with Crippen LogP contribution in [0.4, 0.5) is 4.79 Å². The summed E-state index contributed by atoms with van der Waals surface area (Å²) in [7, 11) is 0. The number of hydrogen-bond donors (Lipinski definition) is 0. The Morgan fingerprint density at radius 3 is 2.43 bits per heavy atom. The number of ether oxygens (including phenoxy) is 1. The van der Waals surface area contributed by atoms with E-state index in [2.05, 4.69) is 10.0 Å². The molecule has 8 nitrogen and oxygen atoms in total. The Morgan fingerprint density at radius 2 is 1.87 bits per heavy atom. The van der Waals surface area contributed by atoms with Crippen molar-refractivity contribution in [1.29, 1.82) is 0 Å². The van der Waals surface area contributed by atoms with Crippen LogP contribution in [0.3, 0.4) is 0 Å². The first-order valence-electron chi connectivity index (χ1n) is 8.14. The molecule has 2 aliphatic heterocycles. The van der Waals surface area contributed by atoms with Gasteiger partial charge in [0.1, 0.15) is 11.6 Å². The summed E-state index contributed by atoms with van der Waals surface area (Å²) < 4.78 is 5.43. The molecule has 2 rings (SSSR count). The topological polar surface area (TPSA) is 98.6 Å². The molecule has 23 heavy (non-hydrogen) atoms. The molecule has 2 aliphatic rings. The van der Waals surface area contributed by atoms with Gasteiger partial charge in [0.05, 0.1) is 6.04 Å². The summed E-state index contributed by atoms with van der Waals surface area (Å²) in [6.45, 7) is 7.09. The number of carbonyl (C=O) groups is 2. The first kappa shape index (κ1) is 17.4. The highest BCUT2D eigenvalue weighted by Gasteiger charge is 2.40. The third kappa shape index (κ3) is 4.51. The molecular formula is C15H25N5O3. The molecule has 0 bridgehead atoms. The smallest absolute Gasteiger partial charge is 0.410 e. The van der Waals surface area contributed by atoms with Gasteiger partial charge < -0.3 is 9.64 Å². The molecule has 0 aromatic rings. The van der Waals surface area contributed by atoms with Gasteiger partial charge in [-0.1, -0.05) is 5.11 Å². The van der Waals surface area contributed by atoms with Crippen LogP contribution in [0.15, 0.2) is 5.11 Å². The van der Waals surface area contributed by atoms with Crippen LogP contribution in [0, 0.1) is 0 Å². The van der Waals surface area contributed by atoms with Gasteiger partial charge in [-0.25, -0.2) is 4.79 Å². The Labute approximate surface area is 136 Å². The Morgan fingerprint density at radius 1 is 1.22 bits per heavy atom. The molecule has 2 heterocycles. The van der Waals surface area contributed by atoms with E-state index in [9.17, 15) is 9.59 Å². The highest BCUT2D eigenvalue weighted by Crippen LogP contribution is 2.25. The van der Waals surface area contributed by atoms with Gasteiger partial charge in [0.15, 0.2) is 0 Å². The van der Waals surface area contributed by atoms with Crippen molar-refractivity contribution < 1.29 is 14.3 Å². The zero-order valence-electron chi connectivity index (χ0n) is 14.1. The zero-order valence-corrected chi connectivity index (χ0v) is 14.1. The van der Waals surface area contributed by atoms with E-state index in [0.717, 1.165) is 25.9 Å². The first-order chi connectivity index (χ1) is 10.8. The third-order valence-corrected chi connectivity index (χ3v) is 4.10. The largest absolute Gasteiger partial charge is 0.444 e. The number of nitrogens with zero attached hydrogens (tertiary/aromatic N) is 5. The number of amides is 2. The van der Waals surface area contributed by atoms with Gasteiger partial charge in [0.25, 0.3) is 0 Å². The van der Waals surface area contributed by atoms with Crippen molar-refractivity contribution in [2.75, 3.05) is 19.6 Å². The van der Waals surface area contributed by atoms with Gasteiger partial charge >= 0.3 is 6.09 Å². The maximum Gasteiger partial charge on any atom is 0.410 e. The maximum atomic E-state index is 12.7. The molecule has 128 valence electrons. The molecule has 0 aromatic heterocycles. The van der Waals surface area contributed by atoms with Crippen molar-refractivity contribution in [3.8, 4) is 0 Å². The monoisotopic (exact) mass is 323 g/mol. The molecule has 2 amide bonds. The molecule has 0 saturated carbocycles. The van der Waals surface area contributed by atoms with Crippen LogP contribution in [0.5, 0.6) is 0 Å². The van der Waals surface area contributed by atoms with Gasteiger partial charge in [0.2, 0.25) is 5.91 Å². The number of piperidine rings is 1. The van der Waals surface area contributed by atoms with E-state index in [4.69, 9.17) is 10.3 Å². The molecule has 2 saturated heterocycles. The molecule has 8 heteroatoms. The van der Waals surface area contributed by atoms with Crippen molar-refractivity contribution in [3.63, 3.8) is 0 Å². The summed E-state index contributed by atoms with van der Waals surface area (Å²) in [6.07, 6.45) is 2.59. The van der Waals surface area contributed by atoms with E-state index in [1.54, 1.807) is 20.8 Å². The zero-order chi connectivity index (χ0) is 17.0. The van der Waals surface area contributed by atoms with Gasteiger partial charge in [-0.2, -0.15) is 0 Å². The fourth-order valence-corrected chi connectivity index (χ4v) is 3.05. The molecule has 0 aromatic carbocycles. The summed E-state index contributed by atoms with van der Waals surface area (Å²) in [5.41, 5.74) is 7.99. The molecule has 0 radical (unpaired) electrons. The fourth-order valence-electron chi connectivity index (χ4n) is 3.05. The van der Waals surface area contributed by atoms with Crippen LogP contribution in [0.2, 0.25) is 0 Å². The number of carbonyl (C=O) groups excluding carboxylic acids is 2. The molecule has 0 spiro atoms. The lowest BCUT2D eigenvalue weighted by molar-refractivity contribution is -0.137. The molecule has 2 fully saturated rings. The predicted molar refractivity (Wildman–Crippen MR) is 84.7 cm³/mol. The van der Waals surface area contributed by atoms with E-state index in [0.29, 0.717) is 12.8 Å². The number of azide groups is 1. The summed E-state index contributed by atoms with van der Waals surface area (Å²) in [6, 6.07) is -0.830. The second-order valence-corrected chi connectivity index (χ2v) is 7.12. The summed E-state index contributed by atoms with van der Waals surface area (Å²) in [4.78, 5) is 31.3. The Bertz CT molecular complexity index is 504. The Hall–Kier alpha value is -1.95. The van der Waals surface area contributed by atoms with Gasteiger partial charge in [0, 0.05) is 24.5 Å². The van der Waals surface area contributed by atoms with Crippen LogP contribution < -0.4 is 0 Å². The average Bonchev–Trinajstić information content (AvgIpc) is 2.99. The average molecular weight is 323 g/mol. The highest BCUT2D eigenvalue weighted by molar-refractivity contribution is 5.86. The van der Waals surface area contributed by atoms with Gasteiger partial charge in [-0.3, -0.25) is 9.69 Å². The second kappa shape index (κ2) is 7.08. The molecule has 0 aliphatic carbocycles. The van der Waals surface area contributed by atoms with Crippen LogP contribution in [0.1, 0.15) is 46.5 Å². The van der Waals surface area contributed by atoms with E-state index >= 15 is 0 Å². The van der Waals surface area contributed by atoms with Gasteiger partial charge in [-0.05, 0) is 52.0 Å². The lowest BCUT2D eigenvalue weighted by atomic mass is 9.98. The summed E-state index contributed by atoms with van der Waals surface area (Å²) >= 11 is 0. The standard InChI is InChI=1S/C15H25N5O3/c1-15(2,3)23-14(22)20-10-11(17-18-16)6-7-12(20)13(21)19-8-4-5-9-19/h11-12H,4-10H2,1-3H3. The fraction of sp³-hybridized carbons (Fsp3) is 0.867. The van der Waals surface area contributed by atoms with Crippen LogP contribution in [-0.2, 0) is 9.53 Å². The Balaban J connectivity index is 2.15. The lowest BCUT2D eigenvalue weighted by Crippen LogP contribution is -2.56. The van der Waals surface area contributed by atoms with Crippen molar-refractivity contribution in [3.05, 3.63) is 10.4 Å². The minimum Gasteiger partial charge on any atom is -0.444 e. The van der Waals surface area contributed by atoms with Crippen molar-refractivity contribution in [1.82, 2.24) is 9.80 Å². The molecule has 0 N–H and O–H groups in total. The van der Waals surface area contributed by atoms with E-state index < -0.39 is 17.7 Å². The number of likely N-dealkylation sites (tertiary alicyclic amines) is 2. The van der Waals surface area contributed by atoms with Crippen molar-refractivity contribution >= 4 is 12.0 Å². The number of rotatable bonds is 2. The predicted octanol–water partition coefficient (Wildman–Crippen LogP) is 2.69. The summed E-state index contributed by atoms with van der Waals surface area (Å²) in [5.74, 6) is -0.0206. The molecule has 2 unspecified atom stereocenters. The van der Waals surface area contributed by atoms with Crippen LogP contribution in [-0.4, -0.2) is 59.1 Å². The summed E-state index contributed by atoms with van der Waals surface area (Å²) in [5, 5.41) is 3.71. The van der Waals surface area contributed by atoms with Crippen molar-refractivity contribution in [2.24, 2.45) is 5.11 Å². The minimum atomic E-state index is -0.635. The van der Waals surface area contributed by atoms with E-state index in [1.165, 1.54) is 4.90 Å². The van der Waals surface area contributed by atoms with Crippen LogP contribution in [0.25, 0.3) is 10.4 Å². The minimum absolute atomic E-state index is 0.0206. The SMILES string of the molecule is CC(C)(C)OC(=O)N1CC(N=[N+]=[N-])CCC1C(=O)N1CCCC1.